The molecule has 0 radical (unpaired) electrons. The van der Waals surface area contributed by atoms with Crippen LogP contribution < -0.4 is 10.1 Å². The standard InChI is InChI=1S/C22H28N2O3.ClH/c1-3-26-20-13-8-7-12-19(20)23-21(25)27-17-22(14-9-15-24(2)16-22)18-10-5-4-6-11-18;/h4-8,10-13H,3,9,14-17H2,1-2H3,(H,23,25);1H. The summed E-state index contributed by atoms with van der Waals surface area (Å²) in [4.78, 5) is 14.8. The number of carbonyl (C=O) groups excluding carboxylic acids is 1. The number of nitrogens with one attached hydrogen (secondary N) is 1. The van der Waals surface area contributed by atoms with Crippen LogP contribution in [0.3, 0.4) is 0 Å². The fourth-order valence-electron chi connectivity index (χ4n) is 3.79. The van der Waals surface area contributed by atoms with Crippen molar-refractivity contribution < 1.29 is 14.3 Å². The minimum atomic E-state index is -0.453. The number of likely N-dealkylation sites (N-methyl/N-ethyl adjacent to an activating group) is 1. The molecule has 1 N–H and O–H groups in total. The predicted molar refractivity (Wildman–Crippen MR) is 115 cm³/mol. The molecular weight excluding hydrogens is 376 g/mol. The fraction of sp³-hybridized carbons (Fsp3) is 0.409. The van der Waals surface area contributed by atoms with Crippen LogP contribution in [0.5, 0.6) is 5.75 Å². The van der Waals surface area contributed by atoms with Gasteiger partial charge in [0.25, 0.3) is 0 Å². The molecule has 1 aliphatic heterocycles. The Kier molecular flexibility index (Phi) is 8.15. The number of piperidine rings is 1. The van der Waals surface area contributed by atoms with E-state index in [2.05, 4.69) is 29.4 Å². The van der Waals surface area contributed by atoms with Crippen LogP contribution >= 0.6 is 12.4 Å². The van der Waals surface area contributed by atoms with Gasteiger partial charge in [0.15, 0.2) is 0 Å². The van der Waals surface area contributed by atoms with Crippen molar-refractivity contribution in [2.75, 3.05) is 38.7 Å². The van der Waals surface area contributed by atoms with Crippen molar-refractivity contribution in [3.05, 3.63) is 60.2 Å². The van der Waals surface area contributed by atoms with E-state index in [9.17, 15) is 4.79 Å². The number of hydrogen-bond donors (Lipinski definition) is 1. The van der Waals surface area contributed by atoms with Gasteiger partial charge in [0.2, 0.25) is 0 Å². The lowest BCUT2D eigenvalue weighted by Crippen LogP contribution is -2.47. The molecular formula is C22H29ClN2O3. The van der Waals surface area contributed by atoms with E-state index in [0.717, 1.165) is 25.9 Å². The lowest BCUT2D eigenvalue weighted by Gasteiger charge is -2.41. The second-order valence-corrected chi connectivity index (χ2v) is 7.12. The summed E-state index contributed by atoms with van der Waals surface area (Å²) in [6.45, 7) is 4.75. The summed E-state index contributed by atoms with van der Waals surface area (Å²) in [5.74, 6) is 0.645. The van der Waals surface area contributed by atoms with E-state index < -0.39 is 6.09 Å². The monoisotopic (exact) mass is 404 g/mol. The summed E-state index contributed by atoms with van der Waals surface area (Å²) in [7, 11) is 2.12. The van der Waals surface area contributed by atoms with Gasteiger partial charge in [-0.15, -0.1) is 12.4 Å². The normalized spacial score (nSPS) is 19.4. The molecule has 1 amide bonds. The number of rotatable bonds is 6. The first kappa shape index (κ1) is 22.1. The zero-order valence-corrected chi connectivity index (χ0v) is 17.3. The van der Waals surface area contributed by atoms with Crippen LogP contribution in [-0.4, -0.2) is 44.3 Å². The molecule has 28 heavy (non-hydrogen) atoms. The SMILES string of the molecule is CCOc1ccccc1NC(=O)OCC1(c2ccccc2)CCCN(C)C1.Cl. The largest absolute Gasteiger partial charge is 0.492 e. The van der Waals surface area contributed by atoms with Gasteiger partial charge in [-0.2, -0.15) is 0 Å². The van der Waals surface area contributed by atoms with Crippen molar-refractivity contribution in [3.8, 4) is 5.75 Å². The molecule has 6 heteroatoms. The molecule has 152 valence electrons. The Morgan fingerprint density at radius 3 is 2.57 bits per heavy atom. The third-order valence-electron chi connectivity index (χ3n) is 5.06. The van der Waals surface area contributed by atoms with E-state index in [0.29, 0.717) is 24.7 Å². The molecule has 1 heterocycles. The van der Waals surface area contributed by atoms with Crippen molar-refractivity contribution in [2.45, 2.75) is 25.2 Å². The Labute approximate surface area is 173 Å². The number of carbonyl (C=O) groups is 1. The summed E-state index contributed by atoms with van der Waals surface area (Å²) in [6.07, 6.45) is 1.64. The third kappa shape index (κ3) is 5.40. The van der Waals surface area contributed by atoms with E-state index >= 15 is 0 Å². The maximum Gasteiger partial charge on any atom is 0.411 e. The molecule has 2 aromatic rings. The quantitative estimate of drug-likeness (QED) is 0.756. The number of hydrogen-bond acceptors (Lipinski definition) is 4. The van der Waals surface area contributed by atoms with E-state index in [4.69, 9.17) is 9.47 Å². The summed E-state index contributed by atoms with van der Waals surface area (Å²) in [6, 6.07) is 17.8. The number of para-hydroxylation sites is 2. The van der Waals surface area contributed by atoms with Gasteiger partial charge in [-0.25, -0.2) is 4.79 Å². The van der Waals surface area contributed by atoms with Gasteiger partial charge in [0.05, 0.1) is 12.3 Å². The van der Waals surface area contributed by atoms with Gasteiger partial charge >= 0.3 is 6.09 Å². The lowest BCUT2D eigenvalue weighted by atomic mass is 9.75. The van der Waals surface area contributed by atoms with E-state index in [1.165, 1.54) is 5.56 Å². The Balaban J connectivity index is 0.00000280. The smallest absolute Gasteiger partial charge is 0.411 e. The van der Waals surface area contributed by atoms with Crippen LogP contribution in [0.2, 0.25) is 0 Å². The van der Waals surface area contributed by atoms with Gasteiger partial charge in [-0.3, -0.25) is 5.32 Å². The Hall–Kier alpha value is -2.24. The van der Waals surface area contributed by atoms with Crippen LogP contribution in [0.15, 0.2) is 54.6 Å². The van der Waals surface area contributed by atoms with Crippen molar-refractivity contribution in [3.63, 3.8) is 0 Å². The summed E-state index contributed by atoms with van der Waals surface area (Å²) in [5.41, 5.74) is 1.67. The fourth-order valence-corrected chi connectivity index (χ4v) is 3.79. The number of nitrogens with zero attached hydrogens (tertiary/aromatic N) is 1. The minimum Gasteiger partial charge on any atom is -0.492 e. The van der Waals surface area contributed by atoms with E-state index in [1.54, 1.807) is 0 Å². The third-order valence-corrected chi connectivity index (χ3v) is 5.06. The average molecular weight is 405 g/mol. The van der Waals surface area contributed by atoms with E-state index in [-0.39, 0.29) is 17.8 Å². The van der Waals surface area contributed by atoms with E-state index in [1.807, 2.05) is 49.4 Å². The van der Waals surface area contributed by atoms with Gasteiger partial charge in [0.1, 0.15) is 12.4 Å². The summed E-state index contributed by atoms with van der Waals surface area (Å²) < 4.78 is 11.3. The predicted octanol–water partition coefficient (Wildman–Crippen LogP) is 4.72. The number of halogens is 1. The van der Waals surface area contributed by atoms with Crippen molar-refractivity contribution >= 4 is 24.2 Å². The molecule has 2 aromatic carbocycles. The Morgan fingerprint density at radius 1 is 1.14 bits per heavy atom. The topological polar surface area (TPSA) is 50.8 Å². The zero-order valence-electron chi connectivity index (χ0n) is 16.5. The van der Waals surface area contributed by atoms with Crippen molar-refractivity contribution in [1.29, 1.82) is 0 Å². The van der Waals surface area contributed by atoms with Gasteiger partial charge in [-0.1, -0.05) is 42.5 Å². The maximum atomic E-state index is 12.5. The molecule has 0 bridgehead atoms. The van der Waals surface area contributed by atoms with Crippen LogP contribution in [0, 0.1) is 0 Å². The molecule has 0 saturated carbocycles. The van der Waals surface area contributed by atoms with Crippen LogP contribution in [0.4, 0.5) is 10.5 Å². The van der Waals surface area contributed by atoms with Crippen molar-refractivity contribution in [1.82, 2.24) is 4.90 Å². The lowest BCUT2D eigenvalue weighted by molar-refractivity contribution is 0.0832. The molecule has 0 aliphatic carbocycles. The van der Waals surface area contributed by atoms with Gasteiger partial charge in [0, 0.05) is 12.0 Å². The molecule has 1 aliphatic rings. The Morgan fingerprint density at radius 2 is 1.86 bits per heavy atom. The molecule has 1 atom stereocenters. The molecule has 0 spiro atoms. The van der Waals surface area contributed by atoms with Crippen LogP contribution in [0.1, 0.15) is 25.3 Å². The molecule has 3 rings (SSSR count). The summed E-state index contributed by atoms with van der Waals surface area (Å²) in [5, 5.41) is 2.82. The molecule has 1 unspecified atom stereocenters. The highest BCUT2D eigenvalue weighted by atomic mass is 35.5. The first-order valence-electron chi connectivity index (χ1n) is 9.53. The minimum absolute atomic E-state index is 0. The first-order chi connectivity index (χ1) is 13.1. The molecule has 5 nitrogen and oxygen atoms in total. The molecule has 1 saturated heterocycles. The van der Waals surface area contributed by atoms with Gasteiger partial charge in [-0.05, 0) is 51.1 Å². The molecule has 1 fully saturated rings. The highest BCUT2D eigenvalue weighted by Crippen LogP contribution is 2.34. The number of likely N-dealkylation sites (tertiary alicyclic amines) is 1. The maximum absolute atomic E-state index is 12.5. The average Bonchev–Trinajstić information content (AvgIpc) is 2.69. The highest BCUT2D eigenvalue weighted by molar-refractivity contribution is 5.86. The first-order valence-corrected chi connectivity index (χ1v) is 9.53. The van der Waals surface area contributed by atoms with Crippen LogP contribution in [0.25, 0.3) is 0 Å². The zero-order chi connectivity index (χ0) is 19.1. The number of anilines is 1. The highest BCUT2D eigenvalue weighted by Gasteiger charge is 2.37. The van der Waals surface area contributed by atoms with Crippen molar-refractivity contribution in [2.24, 2.45) is 0 Å². The summed E-state index contributed by atoms with van der Waals surface area (Å²) >= 11 is 0. The second kappa shape index (κ2) is 10.3. The number of benzene rings is 2. The van der Waals surface area contributed by atoms with Crippen LogP contribution in [-0.2, 0) is 10.2 Å². The second-order valence-electron chi connectivity index (χ2n) is 7.12. The molecule has 0 aromatic heterocycles. The Bertz CT molecular complexity index is 756. The number of amides is 1. The number of ether oxygens (including phenoxy) is 2. The van der Waals surface area contributed by atoms with Gasteiger partial charge < -0.3 is 14.4 Å².